The molecule has 2 saturated carbocycles. The Morgan fingerprint density at radius 2 is 1.85 bits per heavy atom. The van der Waals surface area contributed by atoms with Crippen LogP contribution in [0.5, 0.6) is 5.75 Å². The molecular weight excluding hydrogens is 340 g/mol. The molecule has 2 unspecified atom stereocenters. The lowest BCUT2D eigenvalue weighted by Gasteiger charge is -2.57. The van der Waals surface area contributed by atoms with E-state index in [4.69, 9.17) is 15.2 Å². The number of carbonyl (C=O) groups is 1. The molecule has 5 nitrogen and oxygen atoms in total. The van der Waals surface area contributed by atoms with Gasteiger partial charge in [0.15, 0.2) is 0 Å². The molecule has 2 atom stereocenters. The molecular formula is C22H34N2O3. The van der Waals surface area contributed by atoms with Crippen LogP contribution in [-0.2, 0) is 9.53 Å². The molecule has 3 N–H and O–H groups in total. The molecule has 1 aromatic carbocycles. The van der Waals surface area contributed by atoms with Crippen molar-refractivity contribution in [2.24, 2.45) is 17.1 Å². The highest BCUT2D eigenvalue weighted by atomic mass is 16.5. The van der Waals surface area contributed by atoms with E-state index in [0.717, 1.165) is 18.0 Å². The van der Waals surface area contributed by atoms with Crippen molar-refractivity contribution in [3.63, 3.8) is 0 Å². The van der Waals surface area contributed by atoms with E-state index >= 15 is 0 Å². The topological polar surface area (TPSA) is 73.6 Å². The number of amides is 1. The predicted molar refractivity (Wildman–Crippen MR) is 108 cm³/mol. The summed E-state index contributed by atoms with van der Waals surface area (Å²) in [5, 5.41) is 2.96. The fourth-order valence-electron chi connectivity index (χ4n) is 4.27. The minimum Gasteiger partial charge on any atom is -0.493 e. The van der Waals surface area contributed by atoms with Crippen LogP contribution in [0.4, 0.5) is 5.69 Å². The van der Waals surface area contributed by atoms with Gasteiger partial charge in [0.1, 0.15) is 11.3 Å². The first-order valence-corrected chi connectivity index (χ1v) is 10.3. The van der Waals surface area contributed by atoms with E-state index in [-0.39, 0.29) is 12.0 Å². The zero-order chi connectivity index (χ0) is 19.5. The van der Waals surface area contributed by atoms with Crippen LogP contribution in [-0.4, -0.2) is 30.8 Å². The lowest BCUT2D eigenvalue weighted by atomic mass is 9.54. The van der Waals surface area contributed by atoms with E-state index in [2.05, 4.69) is 5.32 Å². The van der Waals surface area contributed by atoms with Crippen LogP contribution >= 0.6 is 0 Å². The molecule has 2 fully saturated rings. The maximum absolute atomic E-state index is 12.8. The van der Waals surface area contributed by atoms with Crippen LogP contribution in [0.1, 0.15) is 59.3 Å². The molecule has 27 heavy (non-hydrogen) atoms. The predicted octanol–water partition coefficient (Wildman–Crippen LogP) is 4.12. The minimum absolute atomic E-state index is 0.0220. The summed E-state index contributed by atoms with van der Waals surface area (Å²) >= 11 is 0. The Kier molecular flexibility index (Phi) is 6.11. The number of anilines is 1. The van der Waals surface area contributed by atoms with Crippen LogP contribution in [0.25, 0.3) is 0 Å². The maximum Gasteiger partial charge on any atom is 0.245 e. The van der Waals surface area contributed by atoms with Crippen LogP contribution in [0.2, 0.25) is 0 Å². The number of hydrogen-bond acceptors (Lipinski definition) is 4. The van der Waals surface area contributed by atoms with Gasteiger partial charge in [0, 0.05) is 24.1 Å². The van der Waals surface area contributed by atoms with Crippen LogP contribution in [0.15, 0.2) is 24.3 Å². The first-order valence-electron chi connectivity index (χ1n) is 10.3. The van der Waals surface area contributed by atoms with Gasteiger partial charge in [-0.2, -0.15) is 0 Å². The second-order valence-electron chi connectivity index (χ2n) is 8.63. The number of nitrogens with one attached hydrogen (secondary N) is 1. The summed E-state index contributed by atoms with van der Waals surface area (Å²) in [5.74, 6) is 1.37. The highest BCUT2D eigenvalue weighted by Crippen LogP contribution is 2.50. The minimum atomic E-state index is -0.914. The lowest BCUT2D eigenvalue weighted by molar-refractivity contribution is -0.166. The van der Waals surface area contributed by atoms with Gasteiger partial charge in [0.25, 0.3) is 0 Å². The number of benzene rings is 1. The van der Waals surface area contributed by atoms with Gasteiger partial charge in [-0.25, -0.2) is 0 Å². The molecule has 0 radical (unpaired) electrons. The van der Waals surface area contributed by atoms with Crippen molar-refractivity contribution in [3.05, 3.63) is 24.3 Å². The number of carbonyl (C=O) groups excluding carboxylic acids is 1. The molecule has 0 spiro atoms. The monoisotopic (exact) mass is 374 g/mol. The van der Waals surface area contributed by atoms with Crippen LogP contribution in [0, 0.1) is 11.3 Å². The second kappa shape index (κ2) is 8.19. The third kappa shape index (κ3) is 4.14. The molecule has 1 amide bonds. The number of ether oxygens (including phenoxy) is 2. The van der Waals surface area contributed by atoms with Gasteiger partial charge < -0.3 is 20.5 Å². The van der Waals surface area contributed by atoms with Crippen LogP contribution in [0.3, 0.4) is 0 Å². The molecule has 150 valence electrons. The van der Waals surface area contributed by atoms with E-state index in [1.165, 1.54) is 32.1 Å². The molecule has 0 aromatic heterocycles. The summed E-state index contributed by atoms with van der Waals surface area (Å²) < 4.78 is 11.6. The van der Waals surface area contributed by atoms with Gasteiger partial charge in [-0.1, -0.05) is 33.1 Å². The first-order chi connectivity index (χ1) is 12.9. The summed E-state index contributed by atoms with van der Waals surface area (Å²) in [6.07, 6.45) is 7.10. The molecule has 5 heteroatoms. The summed E-state index contributed by atoms with van der Waals surface area (Å²) in [6, 6.07) is 7.58. The van der Waals surface area contributed by atoms with Crippen molar-refractivity contribution in [1.29, 1.82) is 0 Å². The van der Waals surface area contributed by atoms with Gasteiger partial charge in [0.05, 0.1) is 12.7 Å². The molecule has 0 bridgehead atoms. The molecule has 2 aliphatic rings. The number of hydrogen-bond donors (Lipinski definition) is 2. The van der Waals surface area contributed by atoms with Crippen molar-refractivity contribution in [1.82, 2.24) is 0 Å². The quantitative estimate of drug-likeness (QED) is 0.753. The Labute approximate surface area is 163 Å². The van der Waals surface area contributed by atoms with Gasteiger partial charge in [-0.3, -0.25) is 4.79 Å². The zero-order valence-electron chi connectivity index (χ0n) is 16.9. The Balaban J connectivity index is 1.52. The normalized spacial score (nSPS) is 27.6. The van der Waals surface area contributed by atoms with Crippen molar-refractivity contribution < 1.29 is 14.3 Å². The van der Waals surface area contributed by atoms with E-state index < -0.39 is 11.0 Å². The largest absolute Gasteiger partial charge is 0.493 e. The number of rotatable bonds is 7. The van der Waals surface area contributed by atoms with E-state index in [1.807, 2.05) is 45.0 Å². The molecule has 0 saturated heterocycles. The molecule has 0 heterocycles. The van der Waals surface area contributed by atoms with Crippen molar-refractivity contribution in [2.45, 2.75) is 70.9 Å². The van der Waals surface area contributed by atoms with E-state index in [0.29, 0.717) is 18.9 Å². The Morgan fingerprint density at radius 3 is 2.44 bits per heavy atom. The Morgan fingerprint density at radius 1 is 1.19 bits per heavy atom. The first kappa shape index (κ1) is 20.2. The van der Waals surface area contributed by atoms with E-state index in [9.17, 15) is 4.79 Å². The van der Waals surface area contributed by atoms with Crippen LogP contribution < -0.4 is 15.8 Å². The summed E-state index contributed by atoms with van der Waals surface area (Å²) in [7, 11) is 0. The summed E-state index contributed by atoms with van der Waals surface area (Å²) in [4.78, 5) is 12.8. The second-order valence-corrected chi connectivity index (χ2v) is 8.63. The van der Waals surface area contributed by atoms with Crippen molar-refractivity contribution in [3.8, 4) is 5.75 Å². The molecule has 3 rings (SSSR count). The zero-order valence-corrected chi connectivity index (χ0v) is 16.9. The van der Waals surface area contributed by atoms with Gasteiger partial charge in [-0.15, -0.1) is 0 Å². The third-order valence-electron chi connectivity index (χ3n) is 6.56. The molecule has 0 aliphatic heterocycles. The lowest BCUT2D eigenvalue weighted by Crippen LogP contribution is -2.74. The van der Waals surface area contributed by atoms with Gasteiger partial charge >= 0.3 is 0 Å². The smallest absolute Gasteiger partial charge is 0.245 e. The Hall–Kier alpha value is -1.59. The van der Waals surface area contributed by atoms with Crippen molar-refractivity contribution in [2.75, 3.05) is 18.5 Å². The van der Waals surface area contributed by atoms with E-state index in [1.54, 1.807) is 0 Å². The molecule has 1 aromatic rings. The highest BCUT2D eigenvalue weighted by molar-refractivity contribution is 5.99. The SMILES string of the molecule is CCOC1CC(N)(C(=O)Nc2ccc(OCC3CCCCC3)cc2)C1(C)C. The number of nitrogens with two attached hydrogens (primary N) is 1. The fourth-order valence-corrected chi connectivity index (χ4v) is 4.27. The van der Waals surface area contributed by atoms with Crippen molar-refractivity contribution >= 4 is 11.6 Å². The summed E-state index contributed by atoms with van der Waals surface area (Å²) in [5.41, 5.74) is 5.87. The van der Waals surface area contributed by atoms with Gasteiger partial charge in [0.2, 0.25) is 5.91 Å². The standard InChI is InChI=1S/C22H34N2O3/c1-4-26-19-14-22(23,21(19,2)3)20(25)24-17-10-12-18(13-11-17)27-15-16-8-6-5-7-9-16/h10-13,16,19H,4-9,14-15,23H2,1-3H3,(H,24,25). The fraction of sp³-hybridized carbons (Fsp3) is 0.682. The highest BCUT2D eigenvalue weighted by Gasteiger charge is 2.62. The average Bonchev–Trinajstić information content (AvgIpc) is 2.68. The summed E-state index contributed by atoms with van der Waals surface area (Å²) in [6.45, 7) is 7.38. The Bertz CT molecular complexity index is 637. The average molecular weight is 375 g/mol. The third-order valence-corrected chi connectivity index (χ3v) is 6.56. The molecule has 2 aliphatic carbocycles. The van der Waals surface area contributed by atoms with Gasteiger partial charge in [-0.05, 0) is 49.9 Å². The maximum atomic E-state index is 12.8.